The van der Waals surface area contributed by atoms with Gasteiger partial charge in [-0.15, -0.1) is 5.69 Å². The Balaban J connectivity index is 0.000000420. The topological polar surface area (TPSA) is 39.4 Å². The van der Waals surface area contributed by atoms with Crippen LogP contribution in [0.15, 0.2) is 77.7 Å². The number of hydrogen-bond donors (Lipinski definition) is 0. The van der Waals surface area contributed by atoms with E-state index in [1.54, 1.807) is 12.4 Å². The van der Waals surface area contributed by atoms with Crippen molar-refractivity contribution in [2.75, 3.05) is 0 Å². The minimum Gasteiger partial charge on any atom is -0.660 e. The number of aromatic nitrogens is 2. The van der Waals surface area contributed by atoms with Crippen LogP contribution < -0.4 is 4.98 Å². The number of allylic oxidation sites excluding steroid dienone is 2. The van der Waals surface area contributed by atoms with Crippen molar-refractivity contribution in [3.63, 3.8) is 0 Å². The molecule has 1 aromatic carbocycles. The normalized spacial score (nSPS) is 36.5. The average molecular weight is 677 g/mol. The molecule has 8 saturated carbocycles. The number of halogens is 3. The molecule has 8 fully saturated rings. The van der Waals surface area contributed by atoms with Crippen LogP contribution in [0.2, 0.25) is 0 Å². The van der Waals surface area contributed by atoms with Crippen LogP contribution in [-0.4, -0.2) is 10.7 Å². The monoisotopic (exact) mass is 676 g/mol. The van der Waals surface area contributed by atoms with Gasteiger partial charge in [-0.25, -0.2) is 13.2 Å². The van der Waals surface area contributed by atoms with Crippen molar-refractivity contribution < 1.29 is 30.2 Å². The first-order valence-corrected chi connectivity index (χ1v) is 17.5. The fourth-order valence-electron chi connectivity index (χ4n) is 11.9. The maximum atomic E-state index is 15.4. The van der Waals surface area contributed by atoms with Gasteiger partial charge in [0.1, 0.15) is 17.5 Å². The summed E-state index contributed by atoms with van der Waals surface area (Å²) in [5, 5.41) is 0. The van der Waals surface area contributed by atoms with Crippen LogP contribution in [0, 0.1) is 58.4 Å². The number of benzene rings is 1. The molecule has 3 nitrogen and oxygen atoms in total. The minimum absolute atomic E-state index is 0. The van der Waals surface area contributed by atoms with Gasteiger partial charge in [-0.3, -0.25) is 9.98 Å². The fraction of sp³-hybridized carbons (Fsp3) is 0.500. The summed E-state index contributed by atoms with van der Waals surface area (Å²) in [7, 11) is 0. The Bertz CT molecular complexity index is 1630. The predicted octanol–water partition coefficient (Wildman–Crippen LogP) is 9.59. The molecular weight excluding hydrogens is 635 g/mol. The zero-order valence-corrected chi connectivity index (χ0v) is 27.7. The Morgan fingerprint density at radius 3 is 1.64 bits per heavy atom. The summed E-state index contributed by atoms with van der Waals surface area (Å²) in [5.74, 6) is 1.97. The second-order valence-electron chi connectivity index (χ2n) is 16.0. The van der Waals surface area contributed by atoms with Crippen molar-refractivity contribution in [1.29, 1.82) is 0 Å². The molecule has 0 unspecified atom stereocenters. The molecule has 1 aliphatic heterocycles. The van der Waals surface area contributed by atoms with Crippen molar-refractivity contribution in [2.45, 2.75) is 82.5 Å². The zero-order chi connectivity index (χ0) is 31.0. The van der Waals surface area contributed by atoms with Crippen LogP contribution in [0.1, 0.15) is 94.0 Å². The van der Waals surface area contributed by atoms with Gasteiger partial charge >= 0.3 is 0 Å². The molecule has 8 aliphatic carbocycles. The van der Waals surface area contributed by atoms with Gasteiger partial charge in [0.15, 0.2) is 0 Å². The van der Waals surface area contributed by atoms with E-state index in [-0.39, 0.29) is 33.5 Å². The minimum atomic E-state index is -0.910. The van der Waals surface area contributed by atoms with Crippen LogP contribution in [-0.2, 0) is 22.5 Å². The van der Waals surface area contributed by atoms with Gasteiger partial charge in [-0.2, -0.15) is 5.69 Å². The smallest absolute Gasteiger partial charge is 0.136 e. The van der Waals surface area contributed by atoms with E-state index in [1.165, 1.54) is 77.0 Å². The van der Waals surface area contributed by atoms with Crippen LogP contribution >= 0.6 is 0 Å². The van der Waals surface area contributed by atoms with E-state index >= 15 is 8.78 Å². The van der Waals surface area contributed by atoms with Crippen LogP contribution in [0.5, 0.6) is 0 Å². The van der Waals surface area contributed by atoms with Crippen LogP contribution in [0.3, 0.4) is 0 Å². The molecule has 0 amide bonds. The van der Waals surface area contributed by atoms with Crippen molar-refractivity contribution in [2.24, 2.45) is 45.9 Å². The average Bonchev–Trinajstić information content (AvgIpc) is 3.71. The second kappa shape index (κ2) is 11.9. The summed E-state index contributed by atoms with van der Waals surface area (Å²) in [4.78, 5) is 14.1. The second-order valence-corrected chi connectivity index (χ2v) is 16.0. The molecule has 8 bridgehead atoms. The van der Waals surface area contributed by atoms with E-state index in [2.05, 4.69) is 17.1 Å². The molecule has 246 valence electrons. The molecule has 0 saturated heterocycles. The molecule has 0 radical (unpaired) electrons. The third kappa shape index (κ3) is 5.50. The van der Waals surface area contributed by atoms with Crippen molar-refractivity contribution in [1.82, 2.24) is 9.97 Å². The summed E-state index contributed by atoms with van der Waals surface area (Å²) >= 11 is 0. The third-order valence-electron chi connectivity index (χ3n) is 12.8. The number of nitrogens with zero attached hydrogens (tertiary/aromatic N) is 3. The maximum absolute atomic E-state index is 15.4. The molecule has 7 heteroatoms. The molecule has 0 spiro atoms. The van der Waals surface area contributed by atoms with E-state index in [0.29, 0.717) is 17.0 Å². The Morgan fingerprint density at radius 1 is 0.660 bits per heavy atom. The Kier molecular flexibility index (Phi) is 7.95. The largest absolute Gasteiger partial charge is 0.660 e. The maximum Gasteiger partial charge on any atom is 0.136 e. The Hall–Kier alpha value is -2.89. The van der Waals surface area contributed by atoms with Crippen molar-refractivity contribution in [3.8, 4) is 0 Å². The quantitative estimate of drug-likeness (QED) is 0.258. The molecule has 3 aromatic rings. The third-order valence-corrected chi connectivity index (χ3v) is 12.8. The summed E-state index contributed by atoms with van der Waals surface area (Å²) in [6, 6.07) is 11.3. The standard InChI is InChI=1S/C35H36F3N2.C5H5N.Fe/c36-25-11-26(37)32(27(38)12-25)33(28-1-3-30(39-28)34-13-19-5-20(14-34)7-21(6-19)15-34)29-2-4-31(40-29)35-16-22-8-23(17-35)10-24(9-22)18-35;1-2-4-6-5-3-1;/h1-4,11-12,19-24H,5-10,13-18H2;1-5H;/q-1;;. The van der Waals surface area contributed by atoms with Gasteiger partial charge in [-0.05, 0) is 148 Å². The molecular formula is C40H41F3FeN3-. The van der Waals surface area contributed by atoms with Crippen molar-refractivity contribution in [3.05, 3.63) is 107 Å². The number of aliphatic imine (C=N–C) groups is 1. The Labute approximate surface area is 286 Å². The van der Waals surface area contributed by atoms with Crippen LogP contribution in [0.25, 0.3) is 5.57 Å². The van der Waals surface area contributed by atoms with Crippen molar-refractivity contribution >= 4 is 11.3 Å². The zero-order valence-electron chi connectivity index (χ0n) is 26.6. The van der Waals surface area contributed by atoms with Gasteiger partial charge < -0.3 is 4.98 Å². The van der Waals surface area contributed by atoms with Gasteiger partial charge in [-0.1, -0.05) is 18.2 Å². The summed E-state index contributed by atoms with van der Waals surface area (Å²) in [6.45, 7) is 0. The van der Waals surface area contributed by atoms with E-state index in [1.807, 2.05) is 30.3 Å². The van der Waals surface area contributed by atoms with Gasteiger partial charge in [0.05, 0.1) is 11.3 Å². The van der Waals surface area contributed by atoms with Crippen LogP contribution in [0.4, 0.5) is 13.2 Å². The van der Waals surface area contributed by atoms with E-state index in [4.69, 9.17) is 9.98 Å². The number of rotatable bonds is 4. The van der Waals surface area contributed by atoms with E-state index in [0.717, 1.165) is 59.0 Å². The first kappa shape index (κ1) is 31.4. The predicted molar refractivity (Wildman–Crippen MR) is 173 cm³/mol. The summed E-state index contributed by atoms with van der Waals surface area (Å²) < 4.78 is 44.8. The summed E-state index contributed by atoms with van der Waals surface area (Å²) in [6.07, 6.45) is 22.7. The molecule has 2 aromatic heterocycles. The van der Waals surface area contributed by atoms with Gasteiger partial charge in [0.2, 0.25) is 0 Å². The number of pyridine rings is 1. The first-order valence-electron chi connectivity index (χ1n) is 17.5. The van der Waals surface area contributed by atoms with Gasteiger partial charge in [0.25, 0.3) is 0 Å². The Morgan fingerprint density at radius 2 is 1.17 bits per heavy atom. The van der Waals surface area contributed by atoms with E-state index in [9.17, 15) is 4.39 Å². The SMILES string of the molecule is Fc1cc(F)c(C(=C2C=CC(C34CC5CC(CC(C5)C3)C4)=N2)c2ccc(C34CC5CC(CC(C5)C3)C4)[n-]2)c(F)c1.[Fe].c1ccncc1. The van der Waals surface area contributed by atoms with Gasteiger partial charge in [0, 0.05) is 52.7 Å². The first-order chi connectivity index (χ1) is 22.3. The molecule has 0 N–H and O–H groups in total. The molecule has 0 atom stereocenters. The molecule has 12 rings (SSSR count). The number of hydrogen-bond acceptors (Lipinski definition) is 2. The molecule has 3 heterocycles. The summed E-state index contributed by atoms with van der Waals surface area (Å²) in [5.41, 5.74) is 3.60. The fourth-order valence-corrected chi connectivity index (χ4v) is 11.9. The van der Waals surface area contributed by atoms with E-state index < -0.39 is 17.5 Å². The molecule has 47 heavy (non-hydrogen) atoms. The molecule has 9 aliphatic rings.